The van der Waals surface area contributed by atoms with Gasteiger partial charge in [0.05, 0.1) is 11.0 Å². The lowest BCUT2D eigenvalue weighted by atomic mass is 9.95. The fourth-order valence-electron chi connectivity index (χ4n) is 5.26. The van der Waals surface area contributed by atoms with Crippen molar-refractivity contribution in [1.82, 2.24) is 24.9 Å². The first-order valence-corrected chi connectivity index (χ1v) is 14.2. The van der Waals surface area contributed by atoms with Gasteiger partial charge in [-0.3, -0.25) is 9.97 Å². The lowest BCUT2D eigenvalue weighted by molar-refractivity contribution is 0.831. The molecule has 5 nitrogen and oxygen atoms in total. The van der Waals surface area contributed by atoms with Crippen LogP contribution in [0.5, 0.6) is 0 Å². The molecule has 0 bridgehead atoms. The Labute approximate surface area is 245 Å². The van der Waals surface area contributed by atoms with E-state index >= 15 is 0 Å². The van der Waals surface area contributed by atoms with Crippen molar-refractivity contribution < 1.29 is 0 Å². The molecule has 0 unspecified atom stereocenters. The molecule has 0 radical (unpaired) electrons. The Morgan fingerprint density at radius 2 is 1.00 bits per heavy atom. The molecule has 3 heterocycles. The summed E-state index contributed by atoms with van der Waals surface area (Å²) in [6, 6.07) is 39.3. The minimum absolute atomic E-state index is 0.283. The van der Waals surface area contributed by atoms with Gasteiger partial charge in [0.1, 0.15) is 0 Å². The normalized spacial score (nSPS) is 11.4. The van der Waals surface area contributed by atoms with Crippen LogP contribution in [0.15, 0.2) is 115 Å². The zero-order valence-corrected chi connectivity index (χ0v) is 23.8. The first-order valence-electron chi connectivity index (χ1n) is 14.2. The Hall–Kier alpha value is -5.29. The predicted octanol–water partition coefficient (Wildman–Crippen LogP) is 9.07. The van der Waals surface area contributed by atoms with Crippen molar-refractivity contribution in [3.05, 3.63) is 127 Å². The molecule has 3 aromatic heterocycles. The van der Waals surface area contributed by atoms with Crippen molar-refractivity contribution in [2.45, 2.75) is 26.7 Å². The summed E-state index contributed by atoms with van der Waals surface area (Å²) >= 11 is 0. The minimum atomic E-state index is 0.283. The molecule has 0 aliphatic carbocycles. The van der Waals surface area contributed by atoms with E-state index < -0.39 is 0 Å². The first kappa shape index (κ1) is 25.7. The van der Waals surface area contributed by atoms with Crippen molar-refractivity contribution >= 4 is 21.8 Å². The zero-order valence-electron chi connectivity index (χ0n) is 23.8. The molecule has 202 valence electrons. The molecule has 0 atom stereocenters. The van der Waals surface area contributed by atoms with Crippen LogP contribution in [0.4, 0.5) is 0 Å². The average molecular weight is 544 g/mol. The summed E-state index contributed by atoms with van der Waals surface area (Å²) in [4.78, 5) is 24.6. The van der Waals surface area contributed by atoms with E-state index in [1.807, 2.05) is 73.7 Å². The van der Waals surface area contributed by atoms with Crippen LogP contribution in [0.3, 0.4) is 0 Å². The van der Waals surface area contributed by atoms with Crippen molar-refractivity contribution in [1.29, 1.82) is 0 Å². The Morgan fingerprint density at radius 3 is 1.57 bits per heavy atom. The summed E-state index contributed by atoms with van der Waals surface area (Å²) < 4.78 is 0. The summed E-state index contributed by atoms with van der Waals surface area (Å²) in [5, 5.41) is 2.19. The standard InChI is InChI=1S/C37H29N5/c1-23(2)32-22-31(30-21-20-26-15-14-24(3)38-33(26)34(30)39-32)25-16-18-29(19-17-25)37-41-35(27-10-6-4-7-11-27)40-36(42-37)28-12-8-5-9-13-28/h4-23H,1-3H3. The van der Waals surface area contributed by atoms with E-state index in [0.29, 0.717) is 17.5 Å². The van der Waals surface area contributed by atoms with Gasteiger partial charge in [-0.2, -0.15) is 0 Å². The molecule has 5 heteroatoms. The largest absolute Gasteiger partial charge is 0.251 e. The third-order valence-electron chi connectivity index (χ3n) is 7.54. The van der Waals surface area contributed by atoms with Crippen LogP contribution in [0, 0.1) is 6.92 Å². The number of hydrogen-bond acceptors (Lipinski definition) is 5. The molecular formula is C37H29N5. The van der Waals surface area contributed by atoms with E-state index in [9.17, 15) is 0 Å². The van der Waals surface area contributed by atoms with E-state index in [1.165, 1.54) is 0 Å². The highest BCUT2D eigenvalue weighted by molar-refractivity contribution is 6.08. The molecule has 7 rings (SSSR count). The molecule has 4 aromatic carbocycles. The molecule has 0 N–H and O–H groups in total. The van der Waals surface area contributed by atoms with Crippen LogP contribution < -0.4 is 0 Å². The highest BCUT2D eigenvalue weighted by Gasteiger charge is 2.16. The lowest BCUT2D eigenvalue weighted by Gasteiger charge is -2.14. The molecule has 0 saturated heterocycles. The molecule has 0 aliphatic heterocycles. The van der Waals surface area contributed by atoms with Gasteiger partial charge in [0.2, 0.25) is 0 Å². The van der Waals surface area contributed by atoms with Gasteiger partial charge in [-0.1, -0.05) is 117 Å². The highest BCUT2D eigenvalue weighted by Crippen LogP contribution is 2.35. The van der Waals surface area contributed by atoms with E-state index in [0.717, 1.165) is 61.0 Å². The maximum Gasteiger partial charge on any atom is 0.164 e. The highest BCUT2D eigenvalue weighted by atomic mass is 15.0. The van der Waals surface area contributed by atoms with Crippen LogP contribution >= 0.6 is 0 Å². The smallest absolute Gasteiger partial charge is 0.164 e. The van der Waals surface area contributed by atoms with Gasteiger partial charge in [-0.25, -0.2) is 15.0 Å². The fourth-order valence-corrected chi connectivity index (χ4v) is 5.26. The topological polar surface area (TPSA) is 64.5 Å². The van der Waals surface area contributed by atoms with Gasteiger partial charge in [0.15, 0.2) is 17.5 Å². The Bertz CT molecular complexity index is 1990. The summed E-state index contributed by atoms with van der Waals surface area (Å²) in [6.07, 6.45) is 0. The fraction of sp³-hybridized carbons (Fsp3) is 0.108. The van der Waals surface area contributed by atoms with Crippen molar-refractivity contribution in [2.24, 2.45) is 0 Å². The quantitative estimate of drug-likeness (QED) is 0.203. The van der Waals surface area contributed by atoms with E-state index in [1.54, 1.807) is 0 Å². The molecular weight excluding hydrogens is 514 g/mol. The third-order valence-corrected chi connectivity index (χ3v) is 7.54. The monoisotopic (exact) mass is 543 g/mol. The Balaban J connectivity index is 1.36. The Morgan fingerprint density at radius 1 is 0.476 bits per heavy atom. The molecule has 0 fully saturated rings. The molecule has 0 aliphatic rings. The van der Waals surface area contributed by atoms with Crippen LogP contribution in [-0.4, -0.2) is 24.9 Å². The van der Waals surface area contributed by atoms with E-state index in [4.69, 9.17) is 24.9 Å². The van der Waals surface area contributed by atoms with Gasteiger partial charge < -0.3 is 0 Å². The van der Waals surface area contributed by atoms with Crippen molar-refractivity contribution in [2.75, 3.05) is 0 Å². The molecule has 7 aromatic rings. The minimum Gasteiger partial charge on any atom is -0.251 e. The van der Waals surface area contributed by atoms with Crippen LogP contribution in [0.1, 0.15) is 31.2 Å². The molecule has 0 saturated carbocycles. The van der Waals surface area contributed by atoms with Crippen molar-refractivity contribution in [3.63, 3.8) is 0 Å². The second-order valence-electron chi connectivity index (χ2n) is 10.9. The van der Waals surface area contributed by atoms with Gasteiger partial charge in [-0.05, 0) is 36.1 Å². The predicted molar refractivity (Wildman–Crippen MR) is 171 cm³/mol. The SMILES string of the molecule is Cc1ccc2ccc3c(-c4ccc(-c5nc(-c6ccccc6)nc(-c6ccccc6)n5)cc4)cc(C(C)C)nc3c2n1. The third kappa shape index (κ3) is 4.79. The molecule has 42 heavy (non-hydrogen) atoms. The van der Waals surface area contributed by atoms with Gasteiger partial charge in [-0.15, -0.1) is 0 Å². The number of aromatic nitrogens is 5. The molecule has 0 spiro atoms. The summed E-state index contributed by atoms with van der Waals surface area (Å²) in [6.45, 7) is 6.39. The average Bonchev–Trinajstić information content (AvgIpc) is 3.05. The van der Waals surface area contributed by atoms with Gasteiger partial charge >= 0.3 is 0 Å². The number of rotatable bonds is 5. The van der Waals surface area contributed by atoms with Gasteiger partial charge in [0, 0.05) is 38.9 Å². The molecule has 0 amide bonds. The maximum atomic E-state index is 5.08. The second kappa shape index (κ2) is 10.6. The summed E-state index contributed by atoms with van der Waals surface area (Å²) in [5.74, 6) is 2.23. The first-order chi connectivity index (χ1) is 20.5. The van der Waals surface area contributed by atoms with Crippen LogP contribution in [0.25, 0.3) is 67.1 Å². The summed E-state index contributed by atoms with van der Waals surface area (Å²) in [7, 11) is 0. The lowest BCUT2D eigenvalue weighted by Crippen LogP contribution is -2.00. The summed E-state index contributed by atoms with van der Waals surface area (Å²) in [5.41, 5.74) is 9.02. The van der Waals surface area contributed by atoms with Crippen LogP contribution in [-0.2, 0) is 0 Å². The van der Waals surface area contributed by atoms with E-state index in [-0.39, 0.29) is 5.92 Å². The number of benzene rings is 4. The maximum absolute atomic E-state index is 5.08. The zero-order chi connectivity index (χ0) is 28.6. The number of fused-ring (bicyclic) bond motifs is 3. The van der Waals surface area contributed by atoms with Crippen molar-refractivity contribution in [3.8, 4) is 45.3 Å². The van der Waals surface area contributed by atoms with Gasteiger partial charge in [0.25, 0.3) is 0 Å². The number of aryl methyl sites for hydroxylation is 1. The number of hydrogen-bond donors (Lipinski definition) is 0. The van der Waals surface area contributed by atoms with E-state index in [2.05, 4.69) is 62.4 Å². The second-order valence-corrected chi connectivity index (χ2v) is 10.9. The Kier molecular flexibility index (Phi) is 6.48. The van der Waals surface area contributed by atoms with Crippen LogP contribution in [0.2, 0.25) is 0 Å². The number of pyridine rings is 2. The number of nitrogens with zero attached hydrogens (tertiary/aromatic N) is 5.